The van der Waals surface area contributed by atoms with Crippen molar-refractivity contribution < 1.29 is 19.1 Å². The van der Waals surface area contributed by atoms with Crippen LogP contribution in [0, 0.1) is 0 Å². The minimum absolute atomic E-state index is 0.0737. The first-order chi connectivity index (χ1) is 10.1. The van der Waals surface area contributed by atoms with Gasteiger partial charge in [-0.15, -0.1) is 0 Å². The van der Waals surface area contributed by atoms with Crippen molar-refractivity contribution in [1.82, 2.24) is 0 Å². The molecule has 0 amide bonds. The molecule has 1 N–H and O–H groups in total. The van der Waals surface area contributed by atoms with Crippen molar-refractivity contribution >= 4 is 5.97 Å². The first kappa shape index (κ1) is 15.2. The van der Waals surface area contributed by atoms with E-state index in [1.165, 1.54) is 24.5 Å². The first-order valence-electron chi connectivity index (χ1n) is 7.18. The van der Waals surface area contributed by atoms with Gasteiger partial charge in [0.1, 0.15) is 11.5 Å². The summed E-state index contributed by atoms with van der Waals surface area (Å²) in [7, 11) is 0. The molecule has 1 unspecified atom stereocenters. The molecule has 0 bridgehead atoms. The maximum atomic E-state index is 10.8. The predicted octanol–water partition coefficient (Wildman–Crippen LogP) is 4.46. The van der Waals surface area contributed by atoms with Crippen LogP contribution in [0.2, 0.25) is 0 Å². The van der Waals surface area contributed by atoms with Crippen LogP contribution in [0.1, 0.15) is 54.7 Å². The molecule has 0 aliphatic carbocycles. The Morgan fingerprint density at radius 1 is 1.24 bits per heavy atom. The Morgan fingerprint density at radius 2 is 1.95 bits per heavy atom. The largest absolute Gasteiger partial charge is 0.483 e. The lowest BCUT2D eigenvalue weighted by Crippen LogP contribution is -2.02. The van der Waals surface area contributed by atoms with E-state index >= 15 is 0 Å². The summed E-state index contributed by atoms with van der Waals surface area (Å²) in [4.78, 5) is 10.8. The highest BCUT2D eigenvalue weighted by Gasteiger charge is 2.15. The van der Waals surface area contributed by atoms with E-state index in [1.54, 1.807) is 6.07 Å². The molecule has 0 fully saturated rings. The van der Waals surface area contributed by atoms with Gasteiger partial charge in [0.05, 0.1) is 0 Å². The van der Waals surface area contributed by atoms with Crippen molar-refractivity contribution in [3.63, 3.8) is 0 Å². The van der Waals surface area contributed by atoms with Gasteiger partial charge in [-0.3, -0.25) is 0 Å². The molecule has 112 valence electrons. The van der Waals surface area contributed by atoms with Crippen molar-refractivity contribution in [1.29, 1.82) is 0 Å². The molecular weight excluding hydrogens is 268 g/mol. The molecule has 2 aromatic rings. The van der Waals surface area contributed by atoms with Crippen LogP contribution in [0.5, 0.6) is 5.75 Å². The van der Waals surface area contributed by atoms with E-state index in [4.69, 9.17) is 14.3 Å². The minimum Gasteiger partial charge on any atom is -0.483 e. The molecule has 4 heteroatoms. The van der Waals surface area contributed by atoms with Crippen LogP contribution in [-0.2, 0) is 6.42 Å². The van der Waals surface area contributed by atoms with Gasteiger partial charge in [-0.1, -0.05) is 25.5 Å². The van der Waals surface area contributed by atoms with Crippen LogP contribution in [0.3, 0.4) is 0 Å². The molecule has 21 heavy (non-hydrogen) atoms. The minimum atomic E-state index is -1.08. The van der Waals surface area contributed by atoms with Crippen LogP contribution in [0.15, 0.2) is 40.8 Å². The average Bonchev–Trinajstić information content (AvgIpc) is 2.97. The fourth-order valence-electron chi connectivity index (χ4n) is 2.06. The summed E-state index contributed by atoms with van der Waals surface area (Å²) >= 11 is 0. The van der Waals surface area contributed by atoms with Crippen LogP contribution in [0.4, 0.5) is 0 Å². The third-order valence-electron chi connectivity index (χ3n) is 3.29. The summed E-state index contributed by atoms with van der Waals surface area (Å²) in [5.41, 5.74) is 1.29. The molecule has 0 saturated heterocycles. The summed E-state index contributed by atoms with van der Waals surface area (Å²) in [5.74, 6) is 0.0996. The second-order valence-corrected chi connectivity index (χ2v) is 5.01. The van der Waals surface area contributed by atoms with Crippen LogP contribution >= 0.6 is 0 Å². The summed E-state index contributed by atoms with van der Waals surface area (Å²) in [6, 6.07) is 11.0. The smallest absolute Gasteiger partial charge is 0.371 e. The van der Waals surface area contributed by atoms with Gasteiger partial charge in [0.25, 0.3) is 0 Å². The third kappa shape index (κ3) is 4.12. The van der Waals surface area contributed by atoms with Gasteiger partial charge in [-0.05, 0) is 49.6 Å². The van der Waals surface area contributed by atoms with E-state index in [0.29, 0.717) is 5.76 Å². The Bertz CT molecular complexity index is 583. The van der Waals surface area contributed by atoms with Gasteiger partial charge in [0.2, 0.25) is 5.76 Å². The van der Waals surface area contributed by atoms with Crippen molar-refractivity contribution in [2.75, 3.05) is 0 Å². The second kappa shape index (κ2) is 6.97. The highest BCUT2D eigenvalue weighted by atomic mass is 16.5. The summed E-state index contributed by atoms with van der Waals surface area (Å²) in [5, 5.41) is 8.84. The van der Waals surface area contributed by atoms with E-state index in [1.807, 2.05) is 19.1 Å². The molecule has 1 atom stereocenters. The monoisotopic (exact) mass is 288 g/mol. The Morgan fingerprint density at radius 3 is 2.52 bits per heavy atom. The Balaban J connectivity index is 1.98. The van der Waals surface area contributed by atoms with Gasteiger partial charge in [0.15, 0.2) is 6.10 Å². The molecule has 0 aliphatic heterocycles. The molecule has 0 radical (unpaired) electrons. The average molecular weight is 288 g/mol. The van der Waals surface area contributed by atoms with Crippen LogP contribution in [0.25, 0.3) is 0 Å². The number of benzene rings is 1. The van der Waals surface area contributed by atoms with E-state index in [0.717, 1.165) is 12.2 Å². The third-order valence-corrected chi connectivity index (χ3v) is 3.29. The fourth-order valence-corrected chi connectivity index (χ4v) is 2.06. The van der Waals surface area contributed by atoms with Gasteiger partial charge >= 0.3 is 5.97 Å². The number of aromatic carboxylic acids is 1. The number of ether oxygens (including phenoxy) is 1. The molecule has 0 saturated carbocycles. The molecule has 1 aromatic heterocycles. The number of hydrogen-bond donors (Lipinski definition) is 1. The second-order valence-electron chi connectivity index (χ2n) is 5.01. The lowest BCUT2D eigenvalue weighted by Gasteiger charge is -2.12. The number of hydrogen-bond acceptors (Lipinski definition) is 3. The zero-order valence-corrected chi connectivity index (χ0v) is 12.3. The number of rotatable bonds is 7. The molecular formula is C17H20O4. The lowest BCUT2D eigenvalue weighted by atomic mass is 10.1. The molecule has 0 spiro atoms. The van der Waals surface area contributed by atoms with Gasteiger partial charge < -0.3 is 14.3 Å². The molecule has 1 heterocycles. The maximum absolute atomic E-state index is 10.8. The summed E-state index contributed by atoms with van der Waals surface area (Å²) in [6.45, 7) is 4.00. The van der Waals surface area contributed by atoms with E-state index in [9.17, 15) is 4.79 Å². The van der Waals surface area contributed by atoms with E-state index in [-0.39, 0.29) is 11.9 Å². The zero-order chi connectivity index (χ0) is 15.2. The molecule has 0 aliphatic rings. The highest BCUT2D eigenvalue weighted by molar-refractivity contribution is 5.84. The highest BCUT2D eigenvalue weighted by Crippen LogP contribution is 2.24. The molecule has 1 aromatic carbocycles. The Labute approximate surface area is 124 Å². The van der Waals surface area contributed by atoms with E-state index < -0.39 is 5.97 Å². The van der Waals surface area contributed by atoms with E-state index in [2.05, 4.69) is 19.1 Å². The van der Waals surface area contributed by atoms with Crippen molar-refractivity contribution in [2.45, 2.75) is 39.2 Å². The predicted molar refractivity (Wildman–Crippen MR) is 79.8 cm³/mol. The summed E-state index contributed by atoms with van der Waals surface area (Å²) in [6.07, 6.45) is 3.10. The number of unbranched alkanes of at least 4 members (excludes halogenated alkanes) is 1. The van der Waals surface area contributed by atoms with Crippen molar-refractivity contribution in [3.05, 3.63) is 53.5 Å². The number of carbonyl (C=O) groups is 1. The Hall–Kier alpha value is -2.23. The topological polar surface area (TPSA) is 59.7 Å². The van der Waals surface area contributed by atoms with Crippen molar-refractivity contribution in [3.8, 4) is 5.75 Å². The van der Waals surface area contributed by atoms with Gasteiger partial charge in [0, 0.05) is 0 Å². The van der Waals surface area contributed by atoms with Crippen LogP contribution in [-0.4, -0.2) is 11.1 Å². The lowest BCUT2D eigenvalue weighted by molar-refractivity contribution is 0.0655. The van der Waals surface area contributed by atoms with Crippen LogP contribution < -0.4 is 4.74 Å². The zero-order valence-electron chi connectivity index (χ0n) is 12.3. The summed E-state index contributed by atoms with van der Waals surface area (Å²) < 4.78 is 11.0. The van der Waals surface area contributed by atoms with Gasteiger partial charge in [-0.2, -0.15) is 0 Å². The number of carboxylic acid groups (broad SMARTS) is 1. The molecule has 4 nitrogen and oxygen atoms in total. The van der Waals surface area contributed by atoms with Crippen molar-refractivity contribution in [2.24, 2.45) is 0 Å². The number of furan rings is 1. The quantitative estimate of drug-likeness (QED) is 0.817. The molecule has 2 rings (SSSR count). The number of carboxylic acids is 1. The normalized spacial score (nSPS) is 12.1. The maximum Gasteiger partial charge on any atom is 0.371 e. The number of aryl methyl sites for hydroxylation is 1. The van der Waals surface area contributed by atoms with Gasteiger partial charge in [-0.25, -0.2) is 4.79 Å². The standard InChI is InChI=1S/C17H20O4/c1-3-4-5-13-6-8-14(9-7-13)20-12(2)15-10-11-16(21-15)17(18)19/h6-12H,3-5H2,1-2H3,(H,18,19). The Kier molecular flexibility index (Phi) is 5.04. The first-order valence-corrected chi connectivity index (χ1v) is 7.18. The SMILES string of the molecule is CCCCc1ccc(OC(C)c2ccc(C(=O)O)o2)cc1. The fraction of sp³-hybridized carbons (Fsp3) is 0.353.